The van der Waals surface area contributed by atoms with Crippen LogP contribution in [-0.4, -0.2) is 14.8 Å². The molecule has 6 heteroatoms. The third-order valence-electron chi connectivity index (χ3n) is 2.80. The van der Waals surface area contributed by atoms with Crippen LogP contribution >= 0.6 is 0 Å². The third kappa shape index (κ3) is 3.33. The maximum atomic E-state index is 12.4. The van der Waals surface area contributed by atoms with Crippen molar-refractivity contribution in [1.29, 1.82) is 0 Å². The van der Waals surface area contributed by atoms with Gasteiger partial charge in [-0.3, -0.25) is 0 Å². The standard InChI is InChI=1S/C13H14F3N3/c1-2-7-19-9-17-18-12(19)8-10-3-5-11(6-4-10)13(14,15)16/h3-6,9H,2,7-8H2,1H3. The van der Waals surface area contributed by atoms with E-state index in [9.17, 15) is 13.2 Å². The molecule has 3 nitrogen and oxygen atoms in total. The number of aromatic nitrogens is 3. The van der Waals surface area contributed by atoms with E-state index in [0.29, 0.717) is 6.42 Å². The molecule has 1 heterocycles. The first-order valence-corrected chi connectivity index (χ1v) is 6.03. The van der Waals surface area contributed by atoms with Gasteiger partial charge >= 0.3 is 6.18 Å². The first-order valence-electron chi connectivity index (χ1n) is 6.03. The summed E-state index contributed by atoms with van der Waals surface area (Å²) >= 11 is 0. The Kier molecular flexibility index (Phi) is 3.87. The normalized spacial score (nSPS) is 11.8. The highest BCUT2D eigenvalue weighted by molar-refractivity contribution is 5.26. The van der Waals surface area contributed by atoms with Gasteiger partial charge in [0.1, 0.15) is 12.2 Å². The van der Waals surface area contributed by atoms with Crippen molar-refractivity contribution in [2.45, 2.75) is 32.5 Å². The molecule has 1 aromatic heterocycles. The van der Waals surface area contributed by atoms with Gasteiger partial charge in [-0.2, -0.15) is 13.2 Å². The van der Waals surface area contributed by atoms with Crippen LogP contribution in [0.15, 0.2) is 30.6 Å². The summed E-state index contributed by atoms with van der Waals surface area (Å²) in [6, 6.07) is 5.15. The Hall–Kier alpha value is -1.85. The fourth-order valence-electron chi connectivity index (χ4n) is 1.84. The molecule has 0 fully saturated rings. The lowest BCUT2D eigenvalue weighted by molar-refractivity contribution is -0.137. The Balaban J connectivity index is 2.13. The quantitative estimate of drug-likeness (QED) is 0.852. The molecule has 0 aliphatic rings. The van der Waals surface area contributed by atoms with Crippen molar-refractivity contribution < 1.29 is 13.2 Å². The minimum absolute atomic E-state index is 0.484. The smallest absolute Gasteiger partial charge is 0.317 e. The first kappa shape index (κ1) is 13.6. The zero-order valence-corrected chi connectivity index (χ0v) is 10.5. The minimum atomic E-state index is -4.29. The zero-order valence-electron chi connectivity index (χ0n) is 10.5. The van der Waals surface area contributed by atoms with E-state index in [4.69, 9.17) is 0 Å². The molecular weight excluding hydrogens is 255 g/mol. The molecule has 0 radical (unpaired) electrons. The largest absolute Gasteiger partial charge is 0.416 e. The summed E-state index contributed by atoms with van der Waals surface area (Å²) in [5, 5.41) is 7.82. The number of hydrogen-bond acceptors (Lipinski definition) is 2. The van der Waals surface area contributed by atoms with E-state index in [0.717, 1.165) is 36.5 Å². The van der Waals surface area contributed by atoms with Crippen LogP contribution in [0, 0.1) is 0 Å². The maximum absolute atomic E-state index is 12.4. The average molecular weight is 269 g/mol. The summed E-state index contributed by atoms with van der Waals surface area (Å²) in [6.07, 6.45) is -1.21. The fourth-order valence-corrected chi connectivity index (χ4v) is 1.84. The van der Waals surface area contributed by atoms with Gasteiger partial charge in [0.2, 0.25) is 0 Å². The van der Waals surface area contributed by atoms with E-state index in [1.165, 1.54) is 12.1 Å². The van der Waals surface area contributed by atoms with E-state index < -0.39 is 11.7 Å². The second-order valence-electron chi connectivity index (χ2n) is 4.31. The predicted octanol–water partition coefficient (Wildman–Crippen LogP) is 3.30. The van der Waals surface area contributed by atoms with E-state index in [1.807, 2.05) is 11.5 Å². The van der Waals surface area contributed by atoms with Crippen LogP contribution in [0.3, 0.4) is 0 Å². The molecular formula is C13H14F3N3. The Bertz CT molecular complexity index is 529. The Morgan fingerprint density at radius 1 is 1.16 bits per heavy atom. The molecule has 0 atom stereocenters. The maximum Gasteiger partial charge on any atom is 0.416 e. The van der Waals surface area contributed by atoms with Crippen molar-refractivity contribution in [3.05, 3.63) is 47.5 Å². The van der Waals surface area contributed by atoms with Crippen LogP contribution in [0.4, 0.5) is 13.2 Å². The monoisotopic (exact) mass is 269 g/mol. The van der Waals surface area contributed by atoms with E-state index in [2.05, 4.69) is 10.2 Å². The summed E-state index contributed by atoms with van der Waals surface area (Å²) in [6.45, 7) is 2.85. The number of nitrogens with zero attached hydrogens (tertiary/aromatic N) is 3. The van der Waals surface area contributed by atoms with Crippen molar-refractivity contribution in [2.24, 2.45) is 0 Å². The summed E-state index contributed by atoms with van der Waals surface area (Å²) in [5.41, 5.74) is 0.157. The van der Waals surface area contributed by atoms with Gasteiger partial charge in [-0.25, -0.2) is 0 Å². The van der Waals surface area contributed by atoms with Gasteiger partial charge in [-0.05, 0) is 24.1 Å². The molecule has 2 rings (SSSR count). The lowest BCUT2D eigenvalue weighted by atomic mass is 10.1. The fraction of sp³-hybridized carbons (Fsp3) is 0.385. The molecule has 2 aromatic rings. The Morgan fingerprint density at radius 3 is 2.42 bits per heavy atom. The molecule has 0 aliphatic heterocycles. The number of alkyl halides is 3. The predicted molar refractivity (Wildman–Crippen MR) is 64.6 cm³/mol. The summed E-state index contributed by atoms with van der Waals surface area (Å²) in [7, 11) is 0. The van der Waals surface area contributed by atoms with Gasteiger partial charge in [0.25, 0.3) is 0 Å². The van der Waals surface area contributed by atoms with Crippen LogP contribution < -0.4 is 0 Å². The molecule has 0 saturated heterocycles. The average Bonchev–Trinajstić information content (AvgIpc) is 2.77. The van der Waals surface area contributed by atoms with Gasteiger partial charge in [0.05, 0.1) is 5.56 Å². The van der Waals surface area contributed by atoms with Gasteiger partial charge in [0, 0.05) is 13.0 Å². The molecule has 0 spiro atoms. The number of hydrogen-bond donors (Lipinski definition) is 0. The number of rotatable bonds is 4. The van der Waals surface area contributed by atoms with Crippen LogP contribution in [-0.2, 0) is 19.1 Å². The second-order valence-corrected chi connectivity index (χ2v) is 4.31. The molecule has 0 unspecified atom stereocenters. The highest BCUT2D eigenvalue weighted by atomic mass is 19.4. The van der Waals surface area contributed by atoms with Crippen LogP contribution in [0.5, 0.6) is 0 Å². The van der Waals surface area contributed by atoms with E-state index >= 15 is 0 Å². The molecule has 19 heavy (non-hydrogen) atoms. The SMILES string of the molecule is CCCn1cnnc1Cc1ccc(C(F)(F)F)cc1. The number of benzene rings is 1. The highest BCUT2D eigenvalue weighted by Crippen LogP contribution is 2.29. The lowest BCUT2D eigenvalue weighted by Gasteiger charge is -2.08. The zero-order chi connectivity index (χ0) is 13.9. The van der Waals surface area contributed by atoms with Gasteiger partial charge < -0.3 is 4.57 Å². The van der Waals surface area contributed by atoms with Crippen molar-refractivity contribution in [1.82, 2.24) is 14.8 Å². The number of halogens is 3. The third-order valence-corrected chi connectivity index (χ3v) is 2.80. The van der Waals surface area contributed by atoms with Crippen LogP contribution in [0.1, 0.15) is 30.3 Å². The van der Waals surface area contributed by atoms with Gasteiger partial charge in [-0.1, -0.05) is 19.1 Å². The molecule has 102 valence electrons. The van der Waals surface area contributed by atoms with Crippen molar-refractivity contribution >= 4 is 0 Å². The summed E-state index contributed by atoms with van der Waals surface area (Å²) in [4.78, 5) is 0. The van der Waals surface area contributed by atoms with E-state index in [1.54, 1.807) is 6.33 Å². The number of aryl methyl sites for hydroxylation is 1. The van der Waals surface area contributed by atoms with E-state index in [-0.39, 0.29) is 0 Å². The molecule has 0 bridgehead atoms. The van der Waals surface area contributed by atoms with Crippen LogP contribution in [0.2, 0.25) is 0 Å². The molecule has 0 N–H and O–H groups in total. The van der Waals surface area contributed by atoms with Crippen molar-refractivity contribution in [2.75, 3.05) is 0 Å². The molecule has 1 aromatic carbocycles. The van der Waals surface area contributed by atoms with Crippen molar-refractivity contribution in [3.8, 4) is 0 Å². The lowest BCUT2D eigenvalue weighted by Crippen LogP contribution is -2.06. The highest BCUT2D eigenvalue weighted by Gasteiger charge is 2.29. The van der Waals surface area contributed by atoms with Crippen LogP contribution in [0.25, 0.3) is 0 Å². The Labute approximate surface area is 109 Å². The summed E-state index contributed by atoms with van der Waals surface area (Å²) < 4.78 is 39.2. The molecule has 0 amide bonds. The minimum Gasteiger partial charge on any atom is -0.317 e. The topological polar surface area (TPSA) is 30.7 Å². The molecule has 0 aliphatic carbocycles. The summed E-state index contributed by atoms with van der Waals surface area (Å²) in [5.74, 6) is 0.765. The van der Waals surface area contributed by atoms with Crippen molar-refractivity contribution in [3.63, 3.8) is 0 Å². The Morgan fingerprint density at radius 2 is 1.84 bits per heavy atom. The van der Waals surface area contributed by atoms with Gasteiger partial charge in [0.15, 0.2) is 0 Å². The first-order chi connectivity index (χ1) is 9.00. The molecule has 0 saturated carbocycles. The second kappa shape index (κ2) is 5.42. The van der Waals surface area contributed by atoms with Gasteiger partial charge in [-0.15, -0.1) is 10.2 Å².